The molecule has 1 saturated heterocycles. The van der Waals surface area contributed by atoms with E-state index >= 15 is 0 Å². The number of rotatable bonds is 5. The third kappa shape index (κ3) is 4.20. The van der Waals surface area contributed by atoms with Crippen molar-refractivity contribution >= 4 is 65.6 Å². The first kappa shape index (κ1) is 20.7. The molecular weight excluding hydrogens is 450 g/mol. The summed E-state index contributed by atoms with van der Waals surface area (Å²) in [6, 6.07) is 9.10. The van der Waals surface area contributed by atoms with E-state index in [4.69, 9.17) is 11.6 Å². The highest BCUT2D eigenvalue weighted by Gasteiger charge is 2.34. The molecule has 3 aromatic rings. The normalized spacial score (nSPS) is 18.2. The Hall–Kier alpha value is -1.52. The second-order valence-electron chi connectivity index (χ2n) is 6.89. The highest BCUT2D eigenvalue weighted by molar-refractivity contribution is 7.91. The van der Waals surface area contributed by atoms with Crippen molar-refractivity contribution in [3.8, 4) is 0 Å². The molecule has 2 aromatic heterocycles. The van der Waals surface area contributed by atoms with Gasteiger partial charge in [0.05, 0.1) is 20.5 Å². The summed E-state index contributed by atoms with van der Waals surface area (Å²) in [5.41, 5.74) is 2.06. The van der Waals surface area contributed by atoms with Crippen LogP contribution in [0.3, 0.4) is 0 Å². The number of carbonyl (C=O) groups excluding carboxylic acids is 1. The number of halogens is 1. The van der Waals surface area contributed by atoms with Gasteiger partial charge in [-0.15, -0.1) is 11.3 Å². The molecule has 1 atom stereocenters. The van der Waals surface area contributed by atoms with Crippen molar-refractivity contribution in [1.29, 1.82) is 0 Å². The lowest BCUT2D eigenvalue weighted by molar-refractivity contribution is -0.120. The van der Waals surface area contributed by atoms with Crippen molar-refractivity contribution in [2.45, 2.75) is 30.4 Å². The Morgan fingerprint density at radius 3 is 2.86 bits per heavy atom. The monoisotopic (exact) mass is 469 g/mol. The maximum absolute atomic E-state index is 12.9. The Bertz CT molecular complexity index is 1160. The molecule has 4 rings (SSSR count). The fourth-order valence-corrected chi connectivity index (χ4v) is 7.57. The number of carbonyl (C=O) groups is 1. The van der Waals surface area contributed by atoms with Crippen LogP contribution >= 0.6 is 34.3 Å². The SMILES string of the molecule is CCc1cccc2sc(NC(=O)C3CCCN(S(=O)(=O)c4ccc(Cl)s4)C3)nc12. The van der Waals surface area contributed by atoms with Gasteiger partial charge >= 0.3 is 0 Å². The Morgan fingerprint density at radius 1 is 1.31 bits per heavy atom. The van der Waals surface area contributed by atoms with Gasteiger partial charge in [-0.25, -0.2) is 13.4 Å². The summed E-state index contributed by atoms with van der Waals surface area (Å²) in [7, 11) is -3.64. The molecule has 1 aliphatic heterocycles. The van der Waals surface area contributed by atoms with E-state index < -0.39 is 15.9 Å². The average molecular weight is 470 g/mol. The molecule has 1 amide bonds. The Morgan fingerprint density at radius 2 is 2.14 bits per heavy atom. The van der Waals surface area contributed by atoms with E-state index in [0.717, 1.165) is 33.5 Å². The van der Waals surface area contributed by atoms with E-state index in [-0.39, 0.29) is 16.7 Å². The number of hydrogen-bond donors (Lipinski definition) is 1. The first-order valence-corrected chi connectivity index (χ1v) is 12.8. The van der Waals surface area contributed by atoms with Gasteiger partial charge in [-0.05, 0) is 43.0 Å². The van der Waals surface area contributed by atoms with Gasteiger partial charge in [0, 0.05) is 13.1 Å². The van der Waals surface area contributed by atoms with Crippen molar-refractivity contribution < 1.29 is 13.2 Å². The molecule has 29 heavy (non-hydrogen) atoms. The van der Waals surface area contributed by atoms with Crippen molar-refractivity contribution in [3.05, 3.63) is 40.2 Å². The first-order valence-electron chi connectivity index (χ1n) is 9.33. The molecule has 0 aliphatic carbocycles. The fraction of sp³-hybridized carbons (Fsp3) is 0.368. The van der Waals surface area contributed by atoms with Gasteiger partial charge in [0.25, 0.3) is 10.0 Å². The van der Waals surface area contributed by atoms with E-state index in [9.17, 15) is 13.2 Å². The van der Waals surface area contributed by atoms with Crippen molar-refractivity contribution in [2.24, 2.45) is 5.92 Å². The second-order valence-corrected chi connectivity index (χ2v) is 11.8. The summed E-state index contributed by atoms with van der Waals surface area (Å²) in [6.07, 6.45) is 2.15. The Balaban J connectivity index is 1.49. The number of hydrogen-bond acceptors (Lipinski definition) is 6. The number of fused-ring (bicyclic) bond motifs is 1. The number of thiophene rings is 1. The minimum atomic E-state index is -3.64. The molecule has 3 heterocycles. The minimum absolute atomic E-state index is 0.161. The molecule has 0 spiro atoms. The smallest absolute Gasteiger partial charge is 0.252 e. The van der Waals surface area contributed by atoms with Crippen LogP contribution in [0.5, 0.6) is 0 Å². The number of anilines is 1. The lowest BCUT2D eigenvalue weighted by Gasteiger charge is -2.30. The van der Waals surface area contributed by atoms with Gasteiger partial charge in [0.15, 0.2) is 5.13 Å². The average Bonchev–Trinajstić information content (AvgIpc) is 3.33. The second kappa shape index (κ2) is 8.31. The summed E-state index contributed by atoms with van der Waals surface area (Å²) in [5, 5.41) is 3.45. The van der Waals surface area contributed by atoms with Gasteiger partial charge < -0.3 is 5.32 Å². The van der Waals surface area contributed by atoms with Gasteiger partial charge in [0.1, 0.15) is 4.21 Å². The Labute approximate surface area is 182 Å². The molecular formula is C19H20ClN3O3S3. The van der Waals surface area contributed by atoms with E-state index in [2.05, 4.69) is 17.2 Å². The molecule has 0 saturated carbocycles. The predicted molar refractivity (Wildman–Crippen MR) is 118 cm³/mol. The molecule has 0 bridgehead atoms. The number of sulfonamides is 1. The molecule has 154 valence electrons. The largest absolute Gasteiger partial charge is 0.302 e. The van der Waals surface area contributed by atoms with E-state index in [1.807, 2.05) is 18.2 Å². The molecule has 1 aliphatic rings. The van der Waals surface area contributed by atoms with Crippen molar-refractivity contribution in [3.63, 3.8) is 0 Å². The van der Waals surface area contributed by atoms with Crippen LogP contribution in [-0.4, -0.2) is 36.7 Å². The zero-order valence-electron chi connectivity index (χ0n) is 15.7. The Kier molecular flexibility index (Phi) is 5.94. The number of aryl methyl sites for hydroxylation is 1. The fourth-order valence-electron chi connectivity index (χ4n) is 3.49. The van der Waals surface area contributed by atoms with E-state index in [0.29, 0.717) is 28.9 Å². The van der Waals surface area contributed by atoms with Crippen molar-refractivity contribution in [2.75, 3.05) is 18.4 Å². The van der Waals surface area contributed by atoms with E-state index in [1.165, 1.54) is 21.7 Å². The molecule has 1 aromatic carbocycles. The minimum Gasteiger partial charge on any atom is -0.302 e. The van der Waals surface area contributed by atoms with Crippen LogP contribution in [0, 0.1) is 5.92 Å². The third-order valence-corrected chi connectivity index (χ3v) is 9.51. The number of nitrogens with zero attached hydrogens (tertiary/aromatic N) is 2. The van der Waals surface area contributed by atoms with Crippen LogP contribution in [0.15, 0.2) is 34.5 Å². The molecule has 1 unspecified atom stereocenters. The summed E-state index contributed by atoms with van der Waals surface area (Å²) in [5.74, 6) is -0.599. The van der Waals surface area contributed by atoms with Crippen molar-refractivity contribution in [1.82, 2.24) is 9.29 Å². The predicted octanol–water partition coefficient (Wildman–Crippen LogP) is 4.61. The number of amides is 1. The number of piperidine rings is 1. The van der Waals surface area contributed by atoms with Crippen LogP contribution in [-0.2, 0) is 21.2 Å². The molecule has 1 fully saturated rings. The third-order valence-electron chi connectivity index (χ3n) is 5.01. The van der Waals surface area contributed by atoms with Crippen LogP contribution in [0.2, 0.25) is 4.34 Å². The van der Waals surface area contributed by atoms with Gasteiger partial charge in [-0.2, -0.15) is 4.31 Å². The van der Waals surface area contributed by atoms with Crippen LogP contribution in [0.25, 0.3) is 10.2 Å². The molecule has 10 heteroatoms. The molecule has 6 nitrogen and oxygen atoms in total. The number of aromatic nitrogens is 1. The van der Waals surface area contributed by atoms with Gasteiger partial charge in [0.2, 0.25) is 5.91 Å². The topological polar surface area (TPSA) is 79.4 Å². The highest BCUT2D eigenvalue weighted by Crippen LogP contribution is 2.32. The number of thiazole rings is 1. The molecule has 1 N–H and O–H groups in total. The quantitative estimate of drug-likeness (QED) is 0.591. The van der Waals surface area contributed by atoms with Gasteiger partial charge in [-0.1, -0.05) is 42.0 Å². The first-order chi connectivity index (χ1) is 13.9. The zero-order valence-corrected chi connectivity index (χ0v) is 18.9. The standard InChI is InChI=1S/C19H20ClN3O3S3/c1-2-12-5-3-7-14-17(12)21-19(27-14)22-18(24)13-6-4-10-23(11-13)29(25,26)16-9-8-15(20)28-16/h3,5,7-9,13H,2,4,6,10-11H2,1H3,(H,21,22,24). The number of benzene rings is 1. The number of nitrogens with one attached hydrogen (secondary N) is 1. The van der Waals surface area contributed by atoms with Gasteiger partial charge in [-0.3, -0.25) is 4.79 Å². The van der Waals surface area contributed by atoms with Crippen LogP contribution in [0.4, 0.5) is 5.13 Å². The summed E-state index contributed by atoms with van der Waals surface area (Å²) < 4.78 is 28.8. The zero-order chi connectivity index (χ0) is 20.6. The summed E-state index contributed by atoms with van der Waals surface area (Å²) in [6.45, 7) is 2.64. The number of para-hydroxylation sites is 1. The highest BCUT2D eigenvalue weighted by atomic mass is 35.5. The lowest BCUT2D eigenvalue weighted by atomic mass is 9.99. The maximum Gasteiger partial charge on any atom is 0.252 e. The molecule has 0 radical (unpaired) electrons. The van der Waals surface area contributed by atoms with Crippen LogP contribution < -0.4 is 5.32 Å². The van der Waals surface area contributed by atoms with Crippen LogP contribution in [0.1, 0.15) is 25.3 Å². The summed E-state index contributed by atoms with van der Waals surface area (Å²) in [4.78, 5) is 17.4. The summed E-state index contributed by atoms with van der Waals surface area (Å²) >= 11 is 8.37. The lowest BCUT2D eigenvalue weighted by Crippen LogP contribution is -2.43. The maximum atomic E-state index is 12.9. The van der Waals surface area contributed by atoms with E-state index in [1.54, 1.807) is 6.07 Å².